The van der Waals surface area contributed by atoms with Gasteiger partial charge in [0.15, 0.2) is 0 Å². The van der Waals surface area contributed by atoms with Gasteiger partial charge in [0.05, 0.1) is 5.92 Å². The van der Waals surface area contributed by atoms with Gasteiger partial charge in [-0.1, -0.05) is 25.1 Å². The summed E-state index contributed by atoms with van der Waals surface area (Å²) in [7, 11) is 0. The lowest BCUT2D eigenvalue weighted by Gasteiger charge is -2.25. The smallest absolute Gasteiger partial charge is 0.225 e. The number of benzene rings is 1. The molecule has 1 aliphatic rings. The molecule has 4 heteroatoms. The van der Waals surface area contributed by atoms with E-state index in [2.05, 4.69) is 16.7 Å². The molecule has 1 aliphatic heterocycles. The van der Waals surface area contributed by atoms with Crippen LogP contribution in [0.4, 0.5) is 5.69 Å². The fourth-order valence-electron chi connectivity index (χ4n) is 2.11. The minimum Gasteiger partial charge on any atom is -0.396 e. The fourth-order valence-corrected chi connectivity index (χ4v) is 2.11. The number of fused-ring (bicyclic) bond motifs is 1. The normalized spacial score (nSPS) is 19.6. The van der Waals surface area contributed by atoms with Gasteiger partial charge in [-0.25, -0.2) is 0 Å². The van der Waals surface area contributed by atoms with Gasteiger partial charge in [0.25, 0.3) is 0 Å². The van der Waals surface area contributed by atoms with Crippen LogP contribution < -0.4 is 10.6 Å². The number of anilines is 1. The zero-order chi connectivity index (χ0) is 13.0. The first kappa shape index (κ1) is 12.9. The van der Waals surface area contributed by atoms with Crippen molar-refractivity contribution >= 4 is 11.6 Å². The van der Waals surface area contributed by atoms with Gasteiger partial charge in [0, 0.05) is 25.4 Å². The van der Waals surface area contributed by atoms with Crippen LogP contribution in [0.2, 0.25) is 0 Å². The summed E-state index contributed by atoms with van der Waals surface area (Å²) in [6.07, 6.45) is 0.780. The van der Waals surface area contributed by atoms with E-state index in [1.807, 2.05) is 25.1 Å². The predicted molar refractivity (Wildman–Crippen MR) is 71.4 cm³/mol. The molecule has 2 unspecified atom stereocenters. The van der Waals surface area contributed by atoms with Crippen LogP contribution in [0.5, 0.6) is 0 Å². The summed E-state index contributed by atoms with van der Waals surface area (Å²) >= 11 is 0. The minimum atomic E-state index is -0.0224. The molecule has 1 aromatic rings. The molecule has 1 heterocycles. The Hall–Kier alpha value is -1.55. The Morgan fingerprint density at radius 3 is 3.11 bits per heavy atom. The number of amides is 1. The van der Waals surface area contributed by atoms with E-state index >= 15 is 0 Å². The maximum Gasteiger partial charge on any atom is 0.225 e. The third kappa shape index (κ3) is 3.01. The van der Waals surface area contributed by atoms with Crippen molar-refractivity contribution in [1.29, 1.82) is 0 Å². The Balaban J connectivity index is 1.90. The Labute approximate surface area is 107 Å². The fraction of sp³-hybridized carbons (Fsp3) is 0.500. The van der Waals surface area contributed by atoms with Crippen LogP contribution >= 0.6 is 0 Å². The van der Waals surface area contributed by atoms with Crippen LogP contribution in [0.15, 0.2) is 24.3 Å². The SMILES string of the molecule is CC(CO)CNC(=O)C1CNc2ccccc2C1. The number of carbonyl (C=O) groups excluding carboxylic acids is 1. The van der Waals surface area contributed by atoms with E-state index in [9.17, 15) is 4.79 Å². The number of hydrogen-bond acceptors (Lipinski definition) is 3. The first-order valence-corrected chi connectivity index (χ1v) is 6.41. The van der Waals surface area contributed by atoms with E-state index in [0.717, 1.165) is 12.1 Å². The topological polar surface area (TPSA) is 61.4 Å². The third-order valence-electron chi connectivity index (χ3n) is 3.33. The average molecular weight is 248 g/mol. The number of aliphatic hydroxyl groups excluding tert-OH is 1. The second-order valence-electron chi connectivity index (χ2n) is 4.97. The highest BCUT2D eigenvalue weighted by molar-refractivity contribution is 5.80. The van der Waals surface area contributed by atoms with Crippen molar-refractivity contribution in [1.82, 2.24) is 5.32 Å². The molecule has 3 N–H and O–H groups in total. The van der Waals surface area contributed by atoms with E-state index in [4.69, 9.17) is 5.11 Å². The first-order chi connectivity index (χ1) is 8.70. The number of rotatable bonds is 4. The van der Waals surface area contributed by atoms with Crippen LogP contribution in [0.3, 0.4) is 0 Å². The van der Waals surface area contributed by atoms with Crippen molar-refractivity contribution in [2.75, 3.05) is 25.0 Å². The minimum absolute atomic E-state index is 0.0224. The van der Waals surface area contributed by atoms with Crippen molar-refractivity contribution in [2.45, 2.75) is 13.3 Å². The molecule has 4 nitrogen and oxygen atoms in total. The molecule has 0 radical (unpaired) electrons. The number of hydrogen-bond donors (Lipinski definition) is 3. The summed E-state index contributed by atoms with van der Waals surface area (Å²) in [5.41, 5.74) is 2.32. The van der Waals surface area contributed by atoms with Crippen molar-refractivity contribution in [3.63, 3.8) is 0 Å². The number of para-hydroxylation sites is 1. The van der Waals surface area contributed by atoms with E-state index in [0.29, 0.717) is 13.1 Å². The van der Waals surface area contributed by atoms with Gasteiger partial charge >= 0.3 is 0 Å². The highest BCUT2D eigenvalue weighted by atomic mass is 16.3. The van der Waals surface area contributed by atoms with Gasteiger partial charge in [-0.05, 0) is 24.0 Å². The summed E-state index contributed by atoms with van der Waals surface area (Å²) in [6.45, 7) is 3.23. The lowest BCUT2D eigenvalue weighted by atomic mass is 9.93. The quantitative estimate of drug-likeness (QED) is 0.745. The van der Waals surface area contributed by atoms with Crippen molar-refractivity contribution in [2.24, 2.45) is 11.8 Å². The molecule has 1 amide bonds. The molecule has 0 spiro atoms. The zero-order valence-electron chi connectivity index (χ0n) is 10.6. The molecule has 18 heavy (non-hydrogen) atoms. The van der Waals surface area contributed by atoms with Gasteiger partial charge in [-0.3, -0.25) is 4.79 Å². The average Bonchev–Trinajstić information content (AvgIpc) is 2.43. The summed E-state index contributed by atoms with van der Waals surface area (Å²) in [6, 6.07) is 8.08. The molecule has 0 saturated heterocycles. The number of nitrogens with one attached hydrogen (secondary N) is 2. The molecule has 98 valence electrons. The third-order valence-corrected chi connectivity index (χ3v) is 3.33. The van der Waals surface area contributed by atoms with E-state index in [1.165, 1.54) is 5.56 Å². The predicted octanol–water partition coefficient (Wildman–Crippen LogP) is 1.02. The van der Waals surface area contributed by atoms with Crippen LogP contribution in [0.25, 0.3) is 0 Å². The Bertz CT molecular complexity index is 420. The molecule has 2 atom stereocenters. The largest absolute Gasteiger partial charge is 0.396 e. The second kappa shape index (κ2) is 5.87. The number of carbonyl (C=O) groups is 1. The standard InChI is InChI=1S/C14H20N2O2/c1-10(9-17)7-16-14(18)12-6-11-4-2-3-5-13(11)15-8-12/h2-5,10,12,15,17H,6-9H2,1H3,(H,16,18). The van der Waals surface area contributed by atoms with Gasteiger partial charge in [-0.2, -0.15) is 0 Å². The number of aliphatic hydroxyl groups is 1. The molecule has 0 aromatic heterocycles. The van der Waals surface area contributed by atoms with Gasteiger partial charge in [0.2, 0.25) is 5.91 Å². The highest BCUT2D eigenvalue weighted by Gasteiger charge is 2.24. The molecule has 0 bridgehead atoms. The maximum atomic E-state index is 12.0. The molecule has 2 rings (SSSR count). The molecule has 1 aromatic carbocycles. The molecule has 0 saturated carbocycles. The van der Waals surface area contributed by atoms with E-state index in [-0.39, 0.29) is 24.3 Å². The summed E-state index contributed by atoms with van der Waals surface area (Å²) < 4.78 is 0. The van der Waals surface area contributed by atoms with Crippen LogP contribution in [-0.2, 0) is 11.2 Å². The Morgan fingerprint density at radius 2 is 2.33 bits per heavy atom. The van der Waals surface area contributed by atoms with Gasteiger partial charge < -0.3 is 15.7 Å². The van der Waals surface area contributed by atoms with Gasteiger partial charge in [0.1, 0.15) is 0 Å². The summed E-state index contributed by atoms with van der Waals surface area (Å²) in [4.78, 5) is 12.0. The zero-order valence-corrected chi connectivity index (χ0v) is 10.6. The lowest BCUT2D eigenvalue weighted by Crippen LogP contribution is -2.40. The van der Waals surface area contributed by atoms with Crippen LogP contribution in [0.1, 0.15) is 12.5 Å². The van der Waals surface area contributed by atoms with Crippen molar-refractivity contribution < 1.29 is 9.90 Å². The van der Waals surface area contributed by atoms with Crippen molar-refractivity contribution in [3.05, 3.63) is 29.8 Å². The monoisotopic (exact) mass is 248 g/mol. The maximum absolute atomic E-state index is 12.0. The van der Waals surface area contributed by atoms with E-state index < -0.39 is 0 Å². The lowest BCUT2D eigenvalue weighted by molar-refractivity contribution is -0.124. The second-order valence-corrected chi connectivity index (χ2v) is 4.97. The molecule has 0 fully saturated rings. The van der Waals surface area contributed by atoms with Crippen molar-refractivity contribution in [3.8, 4) is 0 Å². The molecule has 0 aliphatic carbocycles. The highest BCUT2D eigenvalue weighted by Crippen LogP contribution is 2.24. The first-order valence-electron chi connectivity index (χ1n) is 6.41. The summed E-state index contributed by atoms with van der Waals surface area (Å²) in [5, 5.41) is 15.1. The van der Waals surface area contributed by atoms with Crippen LogP contribution in [-0.4, -0.2) is 30.7 Å². The molecular formula is C14H20N2O2. The molecular weight excluding hydrogens is 228 g/mol. The summed E-state index contributed by atoms with van der Waals surface area (Å²) in [5.74, 6) is 0.154. The van der Waals surface area contributed by atoms with E-state index in [1.54, 1.807) is 0 Å². The Morgan fingerprint density at radius 1 is 1.56 bits per heavy atom. The Kier molecular flexibility index (Phi) is 4.20. The van der Waals surface area contributed by atoms with Crippen LogP contribution in [0, 0.1) is 11.8 Å². The van der Waals surface area contributed by atoms with Gasteiger partial charge in [-0.15, -0.1) is 0 Å².